The molecule has 2 aromatic carbocycles. The van der Waals surface area contributed by atoms with E-state index in [-0.39, 0.29) is 17.8 Å². The van der Waals surface area contributed by atoms with Crippen molar-refractivity contribution in [3.05, 3.63) is 82.7 Å². The van der Waals surface area contributed by atoms with Crippen LogP contribution in [-0.4, -0.2) is 23.6 Å². The average molecular weight is 433 g/mol. The minimum Gasteiger partial charge on any atom is -0.469 e. The quantitative estimate of drug-likeness (QED) is 0.533. The Hall–Kier alpha value is -3.34. The first-order valence-corrected chi connectivity index (χ1v) is 10.9. The lowest BCUT2D eigenvalue weighted by molar-refractivity contribution is -0.140. The van der Waals surface area contributed by atoms with Crippen molar-refractivity contribution in [3.8, 4) is 11.1 Å². The van der Waals surface area contributed by atoms with Crippen molar-refractivity contribution in [2.45, 2.75) is 52.5 Å². The standard InChI is InChI=1S/C27H32N2O3/c1-18-24(26(28)31)25(20-11-13-21(14-12-20)27(2,3)4)22(15-16-23(30)32-5)29(18)17-19-9-7-6-8-10-19/h6-14H,15-17H2,1-5H3,(H2,28,31). The molecule has 0 radical (unpaired) electrons. The third kappa shape index (κ3) is 4.93. The summed E-state index contributed by atoms with van der Waals surface area (Å²) in [5, 5.41) is 0. The highest BCUT2D eigenvalue weighted by molar-refractivity contribution is 6.02. The van der Waals surface area contributed by atoms with Crippen LogP contribution in [0.1, 0.15) is 60.1 Å². The van der Waals surface area contributed by atoms with E-state index in [1.165, 1.54) is 12.7 Å². The van der Waals surface area contributed by atoms with Gasteiger partial charge in [-0.3, -0.25) is 9.59 Å². The molecule has 0 unspecified atom stereocenters. The minimum atomic E-state index is -0.469. The van der Waals surface area contributed by atoms with E-state index in [4.69, 9.17) is 10.5 Å². The van der Waals surface area contributed by atoms with E-state index in [1.54, 1.807) is 0 Å². The van der Waals surface area contributed by atoms with Gasteiger partial charge >= 0.3 is 5.97 Å². The fraction of sp³-hybridized carbons (Fsp3) is 0.333. The molecular weight excluding hydrogens is 400 g/mol. The van der Waals surface area contributed by atoms with Crippen LogP contribution in [0, 0.1) is 6.92 Å². The number of aromatic nitrogens is 1. The van der Waals surface area contributed by atoms with E-state index in [0.29, 0.717) is 18.5 Å². The predicted molar refractivity (Wildman–Crippen MR) is 128 cm³/mol. The number of carbonyl (C=O) groups excluding carboxylic acids is 2. The van der Waals surface area contributed by atoms with Crippen molar-refractivity contribution in [3.63, 3.8) is 0 Å². The highest BCUT2D eigenvalue weighted by Gasteiger charge is 2.26. The van der Waals surface area contributed by atoms with Crippen LogP contribution in [0.3, 0.4) is 0 Å². The van der Waals surface area contributed by atoms with Crippen LogP contribution in [-0.2, 0) is 27.9 Å². The van der Waals surface area contributed by atoms with E-state index >= 15 is 0 Å². The van der Waals surface area contributed by atoms with Gasteiger partial charge < -0.3 is 15.0 Å². The molecule has 0 aliphatic heterocycles. The van der Waals surface area contributed by atoms with Crippen molar-refractivity contribution < 1.29 is 14.3 Å². The largest absolute Gasteiger partial charge is 0.469 e. The Labute approximate surface area is 190 Å². The number of nitrogens with two attached hydrogens (primary N) is 1. The molecule has 0 atom stereocenters. The topological polar surface area (TPSA) is 74.3 Å². The lowest BCUT2D eigenvalue weighted by Gasteiger charge is -2.19. The van der Waals surface area contributed by atoms with Gasteiger partial charge in [0.2, 0.25) is 0 Å². The molecule has 2 N–H and O–H groups in total. The lowest BCUT2D eigenvalue weighted by atomic mass is 9.86. The number of benzene rings is 2. The van der Waals surface area contributed by atoms with E-state index in [2.05, 4.69) is 37.5 Å². The van der Waals surface area contributed by atoms with E-state index in [9.17, 15) is 9.59 Å². The maximum Gasteiger partial charge on any atom is 0.305 e. The molecule has 168 valence electrons. The maximum absolute atomic E-state index is 12.6. The van der Waals surface area contributed by atoms with Crippen LogP contribution >= 0.6 is 0 Å². The molecule has 3 aromatic rings. The van der Waals surface area contributed by atoms with Crippen LogP contribution in [0.25, 0.3) is 11.1 Å². The van der Waals surface area contributed by atoms with Gasteiger partial charge in [0.1, 0.15) is 0 Å². The summed E-state index contributed by atoms with van der Waals surface area (Å²) in [5.41, 5.74) is 12.1. The molecule has 0 saturated carbocycles. The van der Waals surface area contributed by atoms with Gasteiger partial charge in [0, 0.05) is 23.5 Å². The van der Waals surface area contributed by atoms with E-state index in [0.717, 1.165) is 28.1 Å². The number of carbonyl (C=O) groups is 2. The van der Waals surface area contributed by atoms with Crippen molar-refractivity contribution in [1.29, 1.82) is 0 Å². The summed E-state index contributed by atoms with van der Waals surface area (Å²) in [5.74, 6) is -0.756. The minimum absolute atomic E-state index is 0.0217. The molecule has 0 aliphatic rings. The molecular formula is C27H32N2O3. The first-order valence-electron chi connectivity index (χ1n) is 10.9. The number of hydrogen-bond donors (Lipinski definition) is 1. The Morgan fingerprint density at radius 3 is 2.16 bits per heavy atom. The predicted octanol–water partition coefficient (Wildman–Crippen LogP) is 5.01. The summed E-state index contributed by atoms with van der Waals surface area (Å²) in [4.78, 5) is 24.5. The van der Waals surface area contributed by atoms with Gasteiger partial charge in [-0.2, -0.15) is 0 Å². The first-order chi connectivity index (χ1) is 15.1. The smallest absolute Gasteiger partial charge is 0.305 e. The molecule has 3 rings (SSSR count). The van der Waals surface area contributed by atoms with Crippen molar-refractivity contribution in [1.82, 2.24) is 4.57 Å². The number of amides is 1. The Balaban J connectivity index is 2.19. The molecule has 1 aromatic heterocycles. The second kappa shape index (κ2) is 9.43. The van der Waals surface area contributed by atoms with Crippen molar-refractivity contribution in [2.24, 2.45) is 5.73 Å². The van der Waals surface area contributed by atoms with E-state index in [1.807, 2.05) is 49.4 Å². The number of primary amides is 1. The summed E-state index contributed by atoms with van der Waals surface area (Å²) in [7, 11) is 1.39. The molecule has 0 saturated heterocycles. The molecule has 32 heavy (non-hydrogen) atoms. The summed E-state index contributed by atoms with van der Waals surface area (Å²) >= 11 is 0. The van der Waals surface area contributed by atoms with Crippen LogP contribution in [0.2, 0.25) is 0 Å². The van der Waals surface area contributed by atoms with Gasteiger partial charge in [-0.1, -0.05) is 75.4 Å². The molecule has 0 bridgehead atoms. The van der Waals surface area contributed by atoms with E-state index < -0.39 is 5.91 Å². The molecule has 5 nitrogen and oxygen atoms in total. The first kappa shape index (κ1) is 23.3. The Kier molecular flexibility index (Phi) is 6.87. The highest BCUT2D eigenvalue weighted by atomic mass is 16.5. The average Bonchev–Trinajstić information content (AvgIpc) is 3.03. The number of nitrogens with zero attached hydrogens (tertiary/aromatic N) is 1. The number of methoxy groups -OCH3 is 1. The highest BCUT2D eigenvalue weighted by Crippen LogP contribution is 2.35. The SMILES string of the molecule is COC(=O)CCc1c(-c2ccc(C(C)(C)C)cc2)c(C(N)=O)c(C)n1Cc1ccccc1. The molecule has 0 fully saturated rings. The van der Waals surface area contributed by atoms with Crippen LogP contribution in [0.5, 0.6) is 0 Å². The van der Waals surface area contributed by atoms with Gasteiger partial charge in [-0.05, 0) is 35.4 Å². The summed E-state index contributed by atoms with van der Waals surface area (Å²) in [6.07, 6.45) is 0.671. The zero-order valence-corrected chi connectivity index (χ0v) is 19.6. The van der Waals surface area contributed by atoms with Crippen LogP contribution in [0.4, 0.5) is 0 Å². The Morgan fingerprint density at radius 1 is 1.00 bits per heavy atom. The van der Waals surface area contributed by atoms with Gasteiger partial charge in [-0.15, -0.1) is 0 Å². The summed E-state index contributed by atoms with van der Waals surface area (Å²) in [6, 6.07) is 18.3. The summed E-state index contributed by atoms with van der Waals surface area (Å²) in [6.45, 7) is 9.00. The van der Waals surface area contributed by atoms with Gasteiger partial charge in [0.25, 0.3) is 5.91 Å². The monoisotopic (exact) mass is 432 g/mol. The lowest BCUT2D eigenvalue weighted by Crippen LogP contribution is -2.14. The maximum atomic E-state index is 12.6. The second-order valence-electron chi connectivity index (χ2n) is 9.12. The number of hydrogen-bond acceptors (Lipinski definition) is 3. The fourth-order valence-electron chi connectivity index (χ4n) is 4.11. The molecule has 0 aliphatic carbocycles. The number of esters is 1. The number of rotatable bonds is 7. The molecule has 0 spiro atoms. The third-order valence-corrected chi connectivity index (χ3v) is 5.89. The molecule has 1 amide bonds. The van der Waals surface area contributed by atoms with Crippen molar-refractivity contribution >= 4 is 11.9 Å². The van der Waals surface area contributed by atoms with Crippen molar-refractivity contribution in [2.75, 3.05) is 7.11 Å². The Morgan fingerprint density at radius 2 is 1.62 bits per heavy atom. The summed E-state index contributed by atoms with van der Waals surface area (Å²) < 4.78 is 6.98. The molecule has 1 heterocycles. The van der Waals surface area contributed by atoms with Gasteiger partial charge in [0.15, 0.2) is 0 Å². The number of ether oxygens (including phenoxy) is 1. The Bertz CT molecular complexity index is 1100. The normalized spacial score (nSPS) is 11.4. The zero-order valence-electron chi connectivity index (χ0n) is 19.6. The van der Waals surface area contributed by atoms with Gasteiger partial charge in [-0.25, -0.2) is 0 Å². The van der Waals surface area contributed by atoms with Crippen LogP contribution < -0.4 is 5.73 Å². The second-order valence-corrected chi connectivity index (χ2v) is 9.12. The van der Waals surface area contributed by atoms with Gasteiger partial charge in [0.05, 0.1) is 19.1 Å². The third-order valence-electron chi connectivity index (χ3n) is 5.89. The zero-order chi connectivity index (χ0) is 23.5. The fourth-order valence-corrected chi connectivity index (χ4v) is 4.11. The van der Waals surface area contributed by atoms with Crippen LogP contribution in [0.15, 0.2) is 54.6 Å². The molecule has 5 heteroatoms.